The van der Waals surface area contributed by atoms with Crippen LogP contribution in [0.4, 0.5) is 11.4 Å². The Morgan fingerprint density at radius 2 is 1.64 bits per heavy atom. The topological polar surface area (TPSA) is 61.6 Å². The van der Waals surface area contributed by atoms with E-state index in [4.69, 9.17) is 5.73 Å². The average molecular weight is 425 g/mol. The third-order valence-corrected chi connectivity index (χ3v) is 5.07. The predicted octanol–water partition coefficient (Wildman–Crippen LogP) is 3.49. The van der Waals surface area contributed by atoms with E-state index in [0.29, 0.717) is 6.54 Å². The highest BCUT2D eigenvalue weighted by Crippen LogP contribution is 2.18. The molecule has 28 heavy (non-hydrogen) atoms. The first-order valence-corrected chi connectivity index (χ1v) is 9.16. The summed E-state index contributed by atoms with van der Waals surface area (Å²) in [6.07, 6.45) is 0. The van der Waals surface area contributed by atoms with Crippen LogP contribution >= 0.6 is 24.8 Å². The van der Waals surface area contributed by atoms with E-state index in [0.717, 1.165) is 49.7 Å². The molecule has 1 aliphatic rings. The summed E-state index contributed by atoms with van der Waals surface area (Å²) >= 11 is 0. The van der Waals surface area contributed by atoms with Gasteiger partial charge in [0, 0.05) is 44.1 Å². The van der Waals surface area contributed by atoms with Gasteiger partial charge in [-0.05, 0) is 48.7 Å². The van der Waals surface area contributed by atoms with Crippen LogP contribution in [0.2, 0.25) is 0 Å². The lowest BCUT2D eigenvalue weighted by Crippen LogP contribution is -2.48. The lowest BCUT2D eigenvalue weighted by atomic mass is 10.1. The summed E-state index contributed by atoms with van der Waals surface area (Å²) in [7, 11) is 0. The molecule has 0 aromatic heterocycles. The summed E-state index contributed by atoms with van der Waals surface area (Å²) < 4.78 is 0. The molecule has 2 aromatic rings. The van der Waals surface area contributed by atoms with E-state index in [1.54, 1.807) is 0 Å². The molecule has 0 aliphatic carbocycles. The van der Waals surface area contributed by atoms with Gasteiger partial charge in [-0.3, -0.25) is 14.6 Å². The Labute approximate surface area is 180 Å². The first-order chi connectivity index (χ1) is 12.5. The number of rotatable bonds is 5. The lowest BCUT2D eigenvalue weighted by Gasteiger charge is -2.34. The molecule has 0 unspecified atom stereocenters. The van der Waals surface area contributed by atoms with E-state index in [1.807, 2.05) is 37.3 Å². The van der Waals surface area contributed by atoms with Crippen molar-refractivity contribution in [1.29, 1.82) is 0 Å². The molecule has 0 bridgehead atoms. The van der Waals surface area contributed by atoms with Crippen molar-refractivity contribution in [1.82, 2.24) is 9.80 Å². The molecule has 1 fully saturated rings. The van der Waals surface area contributed by atoms with E-state index in [-0.39, 0.29) is 30.7 Å². The number of halogens is 2. The quantitative estimate of drug-likeness (QED) is 0.721. The van der Waals surface area contributed by atoms with Gasteiger partial charge in [0.1, 0.15) is 0 Å². The fraction of sp³-hybridized carbons (Fsp3) is 0.381. The maximum Gasteiger partial charge on any atom is 0.238 e. The number of carbonyl (C=O) groups excluding carboxylic acids is 1. The molecule has 0 spiro atoms. The number of anilines is 2. The van der Waals surface area contributed by atoms with E-state index >= 15 is 0 Å². The third kappa shape index (κ3) is 6.67. The normalized spacial score (nSPS) is 14.6. The molecule has 7 heteroatoms. The molecule has 0 atom stereocenters. The number of benzene rings is 2. The van der Waals surface area contributed by atoms with Crippen molar-refractivity contribution in [3.05, 3.63) is 59.2 Å². The van der Waals surface area contributed by atoms with Crippen molar-refractivity contribution < 1.29 is 4.79 Å². The van der Waals surface area contributed by atoms with Crippen LogP contribution in [0.1, 0.15) is 16.7 Å². The maximum absolute atomic E-state index is 12.4. The van der Waals surface area contributed by atoms with Gasteiger partial charge in [0.05, 0.1) is 6.54 Å². The van der Waals surface area contributed by atoms with Crippen LogP contribution in [0.5, 0.6) is 0 Å². The van der Waals surface area contributed by atoms with Crippen LogP contribution in [-0.2, 0) is 11.3 Å². The number of nitrogens with two attached hydrogens (primary N) is 1. The molecule has 1 amide bonds. The molecule has 1 heterocycles. The molecule has 1 saturated heterocycles. The minimum Gasteiger partial charge on any atom is -0.399 e. The van der Waals surface area contributed by atoms with Gasteiger partial charge in [0.2, 0.25) is 5.91 Å². The van der Waals surface area contributed by atoms with Crippen LogP contribution in [0, 0.1) is 13.8 Å². The Balaban J connectivity index is 0.00000196. The number of hydrogen-bond acceptors (Lipinski definition) is 4. The number of hydrogen-bond donors (Lipinski definition) is 2. The van der Waals surface area contributed by atoms with Crippen molar-refractivity contribution in [2.75, 3.05) is 43.8 Å². The number of nitrogen functional groups attached to an aromatic ring is 1. The highest BCUT2D eigenvalue weighted by molar-refractivity contribution is 5.93. The second-order valence-electron chi connectivity index (χ2n) is 7.09. The van der Waals surface area contributed by atoms with Crippen molar-refractivity contribution in [3.8, 4) is 0 Å². The van der Waals surface area contributed by atoms with Gasteiger partial charge in [0.15, 0.2) is 0 Å². The summed E-state index contributed by atoms with van der Waals surface area (Å²) in [5, 5.41) is 3.05. The minimum atomic E-state index is 0. The Morgan fingerprint density at radius 3 is 2.32 bits per heavy atom. The first kappa shape index (κ1) is 24.2. The van der Waals surface area contributed by atoms with Gasteiger partial charge >= 0.3 is 0 Å². The number of piperazine rings is 1. The largest absolute Gasteiger partial charge is 0.399 e. The van der Waals surface area contributed by atoms with Crippen LogP contribution in [0.3, 0.4) is 0 Å². The zero-order chi connectivity index (χ0) is 18.5. The highest BCUT2D eigenvalue weighted by Gasteiger charge is 2.19. The fourth-order valence-corrected chi connectivity index (χ4v) is 3.33. The minimum absolute atomic E-state index is 0. The van der Waals surface area contributed by atoms with E-state index in [1.165, 1.54) is 11.1 Å². The van der Waals surface area contributed by atoms with Gasteiger partial charge in [-0.15, -0.1) is 24.8 Å². The number of aryl methyl sites for hydroxylation is 1. The molecule has 0 saturated carbocycles. The molecule has 0 radical (unpaired) electrons. The summed E-state index contributed by atoms with van der Waals surface area (Å²) in [6, 6.07) is 14.1. The molecular formula is C21H30Cl2N4O. The molecule has 1 aliphatic heterocycles. The second-order valence-corrected chi connectivity index (χ2v) is 7.09. The predicted molar refractivity (Wildman–Crippen MR) is 122 cm³/mol. The molecule has 5 nitrogen and oxygen atoms in total. The average Bonchev–Trinajstić information content (AvgIpc) is 2.61. The molecule has 154 valence electrons. The number of nitrogens with zero attached hydrogens (tertiary/aromatic N) is 2. The van der Waals surface area contributed by atoms with Crippen LogP contribution in [0.25, 0.3) is 0 Å². The zero-order valence-electron chi connectivity index (χ0n) is 16.5. The molecule has 2 aromatic carbocycles. The van der Waals surface area contributed by atoms with Crippen LogP contribution in [0.15, 0.2) is 42.5 Å². The Morgan fingerprint density at radius 1 is 1.00 bits per heavy atom. The van der Waals surface area contributed by atoms with Crippen molar-refractivity contribution >= 4 is 42.1 Å². The van der Waals surface area contributed by atoms with Crippen LogP contribution < -0.4 is 11.1 Å². The monoisotopic (exact) mass is 424 g/mol. The number of carbonyl (C=O) groups is 1. The zero-order valence-corrected chi connectivity index (χ0v) is 18.1. The highest BCUT2D eigenvalue weighted by atomic mass is 35.5. The van der Waals surface area contributed by atoms with Gasteiger partial charge in [0.25, 0.3) is 0 Å². The van der Waals surface area contributed by atoms with Crippen molar-refractivity contribution in [2.24, 2.45) is 0 Å². The maximum atomic E-state index is 12.4. The SMILES string of the molecule is Cc1cccc(NC(=O)CN2CCN(Cc3cccc(N)c3)CC2)c1C.Cl.Cl. The summed E-state index contributed by atoms with van der Waals surface area (Å²) in [6.45, 7) is 9.19. The molecule has 3 rings (SSSR count). The third-order valence-electron chi connectivity index (χ3n) is 5.07. The lowest BCUT2D eigenvalue weighted by molar-refractivity contribution is -0.117. The van der Waals surface area contributed by atoms with Crippen LogP contribution in [-0.4, -0.2) is 48.4 Å². The smallest absolute Gasteiger partial charge is 0.238 e. The van der Waals surface area contributed by atoms with Crippen molar-refractivity contribution in [3.63, 3.8) is 0 Å². The summed E-state index contributed by atoms with van der Waals surface area (Å²) in [5.41, 5.74) is 11.1. The number of amides is 1. The second kappa shape index (κ2) is 11.3. The van der Waals surface area contributed by atoms with E-state index < -0.39 is 0 Å². The molecule has 3 N–H and O–H groups in total. The van der Waals surface area contributed by atoms with E-state index in [2.05, 4.69) is 34.2 Å². The van der Waals surface area contributed by atoms with E-state index in [9.17, 15) is 4.79 Å². The molecular weight excluding hydrogens is 395 g/mol. The Kier molecular flexibility index (Phi) is 9.76. The summed E-state index contributed by atoms with van der Waals surface area (Å²) in [4.78, 5) is 17.0. The standard InChI is InChI=1S/C21H28N4O.2ClH/c1-16-5-3-8-20(17(16)2)23-21(26)15-25-11-9-24(10-12-25)14-18-6-4-7-19(22)13-18;;/h3-8,13H,9-12,14-15,22H2,1-2H3,(H,23,26);2*1H. The number of nitrogens with one attached hydrogen (secondary N) is 1. The Hall–Kier alpha value is -1.79. The van der Waals surface area contributed by atoms with Crippen molar-refractivity contribution in [2.45, 2.75) is 20.4 Å². The van der Waals surface area contributed by atoms with Gasteiger partial charge in [-0.1, -0.05) is 24.3 Å². The first-order valence-electron chi connectivity index (χ1n) is 9.16. The van der Waals surface area contributed by atoms with Gasteiger partial charge in [-0.2, -0.15) is 0 Å². The van der Waals surface area contributed by atoms with Gasteiger partial charge in [-0.25, -0.2) is 0 Å². The fourth-order valence-electron chi connectivity index (χ4n) is 3.33. The Bertz CT molecular complexity index is 777. The summed E-state index contributed by atoms with van der Waals surface area (Å²) in [5.74, 6) is 0.0583. The van der Waals surface area contributed by atoms with Gasteiger partial charge < -0.3 is 11.1 Å².